The van der Waals surface area contributed by atoms with Crippen LogP contribution in [0.1, 0.15) is 5.56 Å². The Balaban J connectivity index is 0. The fourth-order valence-electron chi connectivity index (χ4n) is 0.522. The normalized spacial score (nSPS) is 7.82. The largest absolute Gasteiger partial charge is 0.284 e. The second kappa shape index (κ2) is 5.67. The van der Waals surface area contributed by atoms with Gasteiger partial charge in [0, 0.05) is 25.3 Å². The van der Waals surface area contributed by atoms with Crippen LogP contribution in [0.5, 0.6) is 0 Å². The summed E-state index contributed by atoms with van der Waals surface area (Å²) < 4.78 is 24.4. The van der Waals surface area contributed by atoms with Gasteiger partial charge in [0.1, 0.15) is 5.82 Å². The van der Waals surface area contributed by atoms with Gasteiger partial charge in [-0.2, -0.15) is 18.6 Å². The third-order valence-electron chi connectivity index (χ3n) is 1.02. The fraction of sp³-hybridized carbons (Fsp3) is 0. The first-order valence-electron chi connectivity index (χ1n) is 2.47. The van der Waals surface area contributed by atoms with Gasteiger partial charge in [-0.3, -0.25) is 4.39 Å². The molecule has 0 heterocycles. The number of halogens is 3. The molecule has 0 nitrogen and oxygen atoms in total. The quantitative estimate of drug-likeness (QED) is 0.504. The summed E-state index contributed by atoms with van der Waals surface area (Å²) in [7, 11) is 0. The average Bonchev–Trinajstić information content (AvgIpc) is 1.80. The maximum absolute atomic E-state index is 12.3. The van der Waals surface area contributed by atoms with Crippen molar-refractivity contribution in [3.05, 3.63) is 42.3 Å². The van der Waals surface area contributed by atoms with Crippen LogP contribution in [0.3, 0.4) is 0 Å². The van der Waals surface area contributed by atoms with Crippen molar-refractivity contribution in [3.8, 4) is 0 Å². The first-order valence-corrected chi connectivity index (χ1v) is 2.47. The van der Waals surface area contributed by atoms with E-state index in [0.717, 1.165) is 6.07 Å². The summed E-state index contributed by atoms with van der Waals surface area (Å²) >= 11 is 0. The summed E-state index contributed by atoms with van der Waals surface area (Å²) in [6.45, 7) is 3.32. The summed E-state index contributed by atoms with van der Waals surface area (Å²) in [4.78, 5) is 0. The molecule has 0 aliphatic heterocycles. The molecule has 0 unspecified atom stereocenters. The van der Waals surface area contributed by atoms with E-state index in [1.54, 1.807) is 0 Å². The SMILES string of the molecule is Br.[CH2-]c1ccc(F)cc1F.[Zn]. The average molecular weight is 273 g/mol. The minimum Gasteiger partial charge on any atom is -0.284 e. The number of benzene rings is 1. The molecule has 0 atom stereocenters. The van der Waals surface area contributed by atoms with E-state index < -0.39 is 11.6 Å². The van der Waals surface area contributed by atoms with Crippen LogP contribution in [0.25, 0.3) is 0 Å². The van der Waals surface area contributed by atoms with Crippen molar-refractivity contribution < 1.29 is 28.3 Å². The molecule has 4 heteroatoms. The van der Waals surface area contributed by atoms with Gasteiger partial charge in [-0.15, -0.1) is 17.0 Å². The molecule has 11 heavy (non-hydrogen) atoms. The Morgan fingerprint density at radius 2 is 1.73 bits per heavy atom. The minimum atomic E-state index is -0.602. The van der Waals surface area contributed by atoms with E-state index in [2.05, 4.69) is 6.92 Å². The first-order chi connectivity index (χ1) is 4.20. The zero-order valence-corrected chi connectivity index (χ0v) is 10.5. The van der Waals surface area contributed by atoms with E-state index in [1.165, 1.54) is 12.1 Å². The van der Waals surface area contributed by atoms with Crippen LogP contribution in [0.4, 0.5) is 8.78 Å². The monoisotopic (exact) mass is 271 g/mol. The molecule has 0 saturated heterocycles. The Hall–Kier alpha value is 0.0534. The Bertz CT molecular complexity index is 228. The summed E-state index contributed by atoms with van der Waals surface area (Å²) in [5.74, 6) is -1.17. The van der Waals surface area contributed by atoms with Gasteiger partial charge < -0.3 is 0 Å². The zero-order chi connectivity index (χ0) is 6.85. The van der Waals surface area contributed by atoms with Crippen molar-refractivity contribution in [2.24, 2.45) is 0 Å². The molecule has 0 fully saturated rings. The molecule has 58 valence electrons. The summed E-state index contributed by atoms with van der Waals surface area (Å²) in [5, 5.41) is 0. The molecular weight excluding hydrogens is 267 g/mol. The van der Waals surface area contributed by atoms with Gasteiger partial charge in [-0.25, -0.2) is 4.39 Å². The van der Waals surface area contributed by atoms with Crippen molar-refractivity contribution in [2.75, 3.05) is 0 Å². The van der Waals surface area contributed by atoms with Crippen LogP contribution >= 0.6 is 17.0 Å². The van der Waals surface area contributed by atoms with E-state index in [0.29, 0.717) is 0 Å². The molecule has 1 rings (SSSR count). The number of hydrogen-bond donors (Lipinski definition) is 0. The fourth-order valence-corrected chi connectivity index (χ4v) is 0.522. The summed E-state index contributed by atoms with van der Waals surface area (Å²) in [6.07, 6.45) is 0. The minimum absolute atomic E-state index is 0. The zero-order valence-electron chi connectivity index (χ0n) is 5.81. The van der Waals surface area contributed by atoms with Gasteiger partial charge in [0.2, 0.25) is 0 Å². The molecule has 0 N–H and O–H groups in total. The molecule has 0 aliphatic carbocycles. The van der Waals surface area contributed by atoms with Crippen LogP contribution in [0.2, 0.25) is 0 Å². The van der Waals surface area contributed by atoms with E-state index in [-0.39, 0.29) is 42.0 Å². The Morgan fingerprint density at radius 1 is 1.18 bits per heavy atom. The van der Waals surface area contributed by atoms with Crippen LogP contribution in [0.15, 0.2) is 18.2 Å². The maximum Gasteiger partial charge on any atom is 0.101 e. The van der Waals surface area contributed by atoms with Gasteiger partial charge >= 0.3 is 0 Å². The van der Waals surface area contributed by atoms with Crippen LogP contribution in [-0.2, 0) is 19.5 Å². The van der Waals surface area contributed by atoms with Gasteiger partial charge in [0.15, 0.2) is 0 Å². The van der Waals surface area contributed by atoms with Crippen LogP contribution in [0, 0.1) is 18.6 Å². The Morgan fingerprint density at radius 3 is 2.09 bits per heavy atom. The molecule has 0 aromatic heterocycles. The molecule has 0 saturated carbocycles. The molecule has 0 aliphatic rings. The summed E-state index contributed by atoms with van der Waals surface area (Å²) in [6, 6.07) is 3.28. The van der Waals surface area contributed by atoms with Crippen molar-refractivity contribution >= 4 is 17.0 Å². The molecule has 1 aromatic rings. The van der Waals surface area contributed by atoms with Crippen molar-refractivity contribution in [1.82, 2.24) is 0 Å². The third kappa shape index (κ3) is 3.83. The molecule has 1 aromatic carbocycles. The van der Waals surface area contributed by atoms with Gasteiger partial charge in [-0.05, 0) is 6.07 Å². The number of hydrogen-bond acceptors (Lipinski definition) is 0. The second-order valence-electron chi connectivity index (χ2n) is 1.74. The second-order valence-corrected chi connectivity index (χ2v) is 1.74. The van der Waals surface area contributed by atoms with Crippen LogP contribution < -0.4 is 0 Å². The standard InChI is InChI=1S/C7H5F2.BrH.Zn/c1-5-2-3-6(8)4-7(5)9;;/h2-4H,1H2;1H;/q-1;;. The number of rotatable bonds is 0. The van der Waals surface area contributed by atoms with E-state index >= 15 is 0 Å². The molecule has 0 spiro atoms. The molecule has 0 bridgehead atoms. The smallest absolute Gasteiger partial charge is 0.101 e. The van der Waals surface area contributed by atoms with Crippen LogP contribution in [-0.4, -0.2) is 0 Å². The van der Waals surface area contributed by atoms with E-state index in [4.69, 9.17) is 0 Å². The molecule has 0 radical (unpaired) electrons. The first kappa shape index (κ1) is 13.6. The van der Waals surface area contributed by atoms with Crippen molar-refractivity contribution in [2.45, 2.75) is 0 Å². The van der Waals surface area contributed by atoms with Gasteiger partial charge in [-0.1, -0.05) is 6.07 Å². The van der Waals surface area contributed by atoms with E-state index in [1.807, 2.05) is 0 Å². The predicted molar refractivity (Wildman–Crippen MR) is 41.1 cm³/mol. The molecular formula is C7H6BrF2Zn-. The van der Waals surface area contributed by atoms with Gasteiger partial charge in [0.05, 0.1) is 0 Å². The Labute approximate surface area is 87.5 Å². The van der Waals surface area contributed by atoms with Crippen molar-refractivity contribution in [3.63, 3.8) is 0 Å². The predicted octanol–water partition coefficient (Wildman–Crippen LogP) is 2.72. The third-order valence-corrected chi connectivity index (χ3v) is 1.02. The topological polar surface area (TPSA) is 0 Å². The van der Waals surface area contributed by atoms with Gasteiger partial charge in [0.25, 0.3) is 0 Å². The van der Waals surface area contributed by atoms with E-state index in [9.17, 15) is 8.78 Å². The maximum atomic E-state index is 12.3. The molecule has 0 amide bonds. The summed E-state index contributed by atoms with van der Waals surface area (Å²) in [5.41, 5.74) is 0.219. The Kier molecular flexibility index (Phi) is 7.03. The van der Waals surface area contributed by atoms with Crippen molar-refractivity contribution in [1.29, 1.82) is 0 Å².